The quantitative estimate of drug-likeness (QED) is 0.517. The molecular formula is C20H18ClFN4O. The number of nitrogens with zero attached hydrogens (tertiary/aromatic N) is 4. The summed E-state index contributed by atoms with van der Waals surface area (Å²) in [6.45, 7) is 2.32. The minimum Gasteiger partial charge on any atom is -0.287 e. The summed E-state index contributed by atoms with van der Waals surface area (Å²) in [7, 11) is 0. The topological polar surface area (TPSA) is 52.2 Å². The van der Waals surface area contributed by atoms with Crippen LogP contribution in [0.25, 0.3) is 16.6 Å². The van der Waals surface area contributed by atoms with Crippen LogP contribution in [0.3, 0.4) is 0 Å². The Kier molecular flexibility index (Phi) is 4.66. The van der Waals surface area contributed by atoms with Crippen LogP contribution < -0.4 is 5.69 Å². The van der Waals surface area contributed by atoms with Gasteiger partial charge in [-0.05, 0) is 36.2 Å². The molecule has 5 nitrogen and oxygen atoms in total. The number of fused-ring (bicyclic) bond motifs is 3. The van der Waals surface area contributed by atoms with Gasteiger partial charge < -0.3 is 0 Å². The fraction of sp³-hybridized carbons (Fsp3) is 0.250. The van der Waals surface area contributed by atoms with Crippen LogP contribution in [0.15, 0.2) is 47.3 Å². The summed E-state index contributed by atoms with van der Waals surface area (Å²) in [5.41, 5.74) is 1.67. The molecule has 4 aromatic rings. The van der Waals surface area contributed by atoms with Gasteiger partial charge in [-0.25, -0.2) is 14.2 Å². The second-order valence-electron chi connectivity index (χ2n) is 6.49. The van der Waals surface area contributed by atoms with E-state index in [1.54, 1.807) is 10.6 Å². The number of halogens is 2. The molecule has 0 saturated heterocycles. The van der Waals surface area contributed by atoms with Gasteiger partial charge in [0, 0.05) is 16.8 Å². The van der Waals surface area contributed by atoms with E-state index in [1.165, 1.54) is 16.6 Å². The van der Waals surface area contributed by atoms with Crippen LogP contribution in [0.4, 0.5) is 4.39 Å². The van der Waals surface area contributed by atoms with Gasteiger partial charge in [0.05, 0.1) is 12.1 Å². The van der Waals surface area contributed by atoms with Gasteiger partial charge in [-0.2, -0.15) is 4.52 Å². The summed E-state index contributed by atoms with van der Waals surface area (Å²) in [4.78, 5) is 17.7. The zero-order valence-electron chi connectivity index (χ0n) is 14.8. The lowest BCUT2D eigenvalue weighted by Crippen LogP contribution is -2.28. The SMILES string of the molecule is CCCCc1nc2c3ccccc3n(Cc3ccc(F)cc3Cl)c(=O)n2n1. The average Bonchev–Trinajstić information content (AvgIpc) is 3.10. The van der Waals surface area contributed by atoms with Crippen LogP contribution in [0, 0.1) is 5.82 Å². The van der Waals surface area contributed by atoms with E-state index in [0.29, 0.717) is 17.0 Å². The van der Waals surface area contributed by atoms with Gasteiger partial charge in [0.1, 0.15) is 5.82 Å². The number of para-hydroxylation sites is 1. The maximum atomic E-state index is 13.4. The van der Waals surface area contributed by atoms with Gasteiger partial charge in [0.25, 0.3) is 0 Å². The maximum Gasteiger partial charge on any atom is 0.351 e. The van der Waals surface area contributed by atoms with Gasteiger partial charge in [-0.3, -0.25) is 4.57 Å². The van der Waals surface area contributed by atoms with Gasteiger partial charge in [-0.1, -0.05) is 43.1 Å². The third-order valence-corrected chi connectivity index (χ3v) is 4.95. The second kappa shape index (κ2) is 7.12. The number of aromatic nitrogens is 4. The Morgan fingerprint density at radius 1 is 1.19 bits per heavy atom. The zero-order chi connectivity index (χ0) is 19.0. The van der Waals surface area contributed by atoms with E-state index in [4.69, 9.17) is 11.6 Å². The lowest BCUT2D eigenvalue weighted by molar-refractivity contribution is 0.626. The van der Waals surface area contributed by atoms with Crippen LogP contribution in [0.5, 0.6) is 0 Å². The predicted molar refractivity (Wildman–Crippen MR) is 104 cm³/mol. The van der Waals surface area contributed by atoms with Crippen molar-refractivity contribution in [3.8, 4) is 0 Å². The minimum atomic E-state index is -0.409. The fourth-order valence-corrected chi connectivity index (χ4v) is 3.42. The van der Waals surface area contributed by atoms with E-state index in [1.807, 2.05) is 24.3 Å². The molecule has 0 saturated carbocycles. The van der Waals surface area contributed by atoms with Gasteiger partial charge in [0.2, 0.25) is 0 Å². The molecule has 138 valence electrons. The van der Waals surface area contributed by atoms with Crippen molar-refractivity contribution in [1.29, 1.82) is 0 Å². The highest BCUT2D eigenvalue weighted by molar-refractivity contribution is 6.31. The van der Waals surface area contributed by atoms with Gasteiger partial charge in [-0.15, -0.1) is 5.10 Å². The van der Waals surface area contributed by atoms with Crippen molar-refractivity contribution >= 4 is 28.2 Å². The van der Waals surface area contributed by atoms with Gasteiger partial charge in [0.15, 0.2) is 11.5 Å². The fourth-order valence-electron chi connectivity index (χ4n) is 3.19. The molecule has 2 aromatic heterocycles. The third-order valence-electron chi connectivity index (χ3n) is 4.60. The highest BCUT2D eigenvalue weighted by atomic mass is 35.5. The van der Waals surface area contributed by atoms with Crippen molar-refractivity contribution < 1.29 is 4.39 Å². The first-order chi connectivity index (χ1) is 13.1. The maximum absolute atomic E-state index is 13.4. The molecule has 7 heteroatoms. The van der Waals surface area contributed by atoms with Crippen molar-refractivity contribution in [3.63, 3.8) is 0 Å². The number of rotatable bonds is 5. The molecule has 0 aliphatic heterocycles. The van der Waals surface area contributed by atoms with Crippen molar-refractivity contribution in [2.45, 2.75) is 32.7 Å². The first-order valence-corrected chi connectivity index (χ1v) is 9.27. The van der Waals surface area contributed by atoms with Crippen LogP contribution in [0.2, 0.25) is 5.02 Å². The molecule has 0 spiro atoms. The second-order valence-corrected chi connectivity index (χ2v) is 6.90. The van der Waals surface area contributed by atoms with Crippen LogP contribution in [-0.2, 0) is 13.0 Å². The van der Waals surface area contributed by atoms with Crippen molar-refractivity contribution in [2.75, 3.05) is 0 Å². The summed E-state index contributed by atoms with van der Waals surface area (Å²) in [6, 6.07) is 11.8. The van der Waals surface area contributed by atoms with Crippen molar-refractivity contribution in [3.05, 3.63) is 75.2 Å². The van der Waals surface area contributed by atoms with E-state index in [-0.39, 0.29) is 17.3 Å². The van der Waals surface area contributed by atoms with Crippen LogP contribution in [0.1, 0.15) is 31.2 Å². The number of aryl methyl sites for hydroxylation is 1. The molecule has 0 N–H and O–H groups in total. The predicted octanol–water partition coefficient (Wildman–Crippen LogP) is 4.23. The van der Waals surface area contributed by atoms with E-state index in [2.05, 4.69) is 17.0 Å². The molecular weight excluding hydrogens is 367 g/mol. The molecule has 0 atom stereocenters. The standard InChI is InChI=1S/C20H18ClFN4O/c1-2-3-8-18-23-19-15-6-4-5-7-17(15)25(20(27)26(19)24-18)12-13-9-10-14(22)11-16(13)21/h4-7,9-11H,2-3,8,12H2,1H3. The molecule has 4 rings (SSSR count). The summed E-state index contributed by atoms with van der Waals surface area (Å²) < 4.78 is 16.3. The van der Waals surface area contributed by atoms with Crippen molar-refractivity contribution in [1.82, 2.24) is 19.2 Å². The molecule has 2 aromatic carbocycles. The highest BCUT2D eigenvalue weighted by Crippen LogP contribution is 2.22. The highest BCUT2D eigenvalue weighted by Gasteiger charge is 2.15. The summed E-state index contributed by atoms with van der Waals surface area (Å²) in [5, 5.41) is 5.54. The molecule has 0 aliphatic rings. The Morgan fingerprint density at radius 2 is 2.00 bits per heavy atom. The smallest absolute Gasteiger partial charge is 0.287 e. The number of unbranched alkanes of at least 4 members (excludes halogenated alkanes) is 1. The monoisotopic (exact) mass is 384 g/mol. The average molecular weight is 385 g/mol. The molecule has 0 aliphatic carbocycles. The summed E-state index contributed by atoms with van der Waals surface area (Å²) in [6.07, 6.45) is 2.73. The first kappa shape index (κ1) is 17.7. The molecule has 0 unspecified atom stereocenters. The van der Waals surface area contributed by atoms with Gasteiger partial charge >= 0.3 is 5.69 Å². The molecule has 2 heterocycles. The lowest BCUT2D eigenvalue weighted by Gasteiger charge is -2.12. The number of benzene rings is 2. The molecule has 0 fully saturated rings. The summed E-state index contributed by atoms with van der Waals surface area (Å²) >= 11 is 6.17. The summed E-state index contributed by atoms with van der Waals surface area (Å²) in [5.74, 6) is 0.255. The third kappa shape index (κ3) is 3.21. The van der Waals surface area contributed by atoms with Crippen molar-refractivity contribution in [2.24, 2.45) is 0 Å². The lowest BCUT2D eigenvalue weighted by atomic mass is 10.2. The number of hydrogen-bond acceptors (Lipinski definition) is 3. The van der Waals surface area contributed by atoms with Crippen LogP contribution in [-0.4, -0.2) is 19.2 Å². The molecule has 27 heavy (non-hydrogen) atoms. The molecule has 0 radical (unpaired) electrons. The van der Waals surface area contributed by atoms with E-state index in [9.17, 15) is 9.18 Å². The first-order valence-electron chi connectivity index (χ1n) is 8.89. The Bertz CT molecular complexity index is 1200. The molecule has 0 amide bonds. The largest absolute Gasteiger partial charge is 0.351 e. The minimum absolute atomic E-state index is 0.221. The Morgan fingerprint density at radius 3 is 2.78 bits per heavy atom. The zero-order valence-corrected chi connectivity index (χ0v) is 15.6. The van der Waals surface area contributed by atoms with E-state index in [0.717, 1.165) is 30.2 Å². The Balaban J connectivity index is 1.93. The normalized spacial score (nSPS) is 11.5. The number of hydrogen-bond donors (Lipinski definition) is 0. The Hall–Kier alpha value is -2.73. The Labute approximate surface area is 160 Å². The van der Waals surface area contributed by atoms with E-state index >= 15 is 0 Å². The van der Waals surface area contributed by atoms with E-state index < -0.39 is 5.82 Å². The van der Waals surface area contributed by atoms with Crippen LogP contribution >= 0.6 is 11.6 Å². The molecule has 0 bridgehead atoms.